The second-order valence-corrected chi connectivity index (χ2v) is 8.39. The van der Waals surface area contributed by atoms with E-state index in [2.05, 4.69) is 10.2 Å². The van der Waals surface area contributed by atoms with Gasteiger partial charge in [0.25, 0.3) is 0 Å². The highest BCUT2D eigenvalue weighted by molar-refractivity contribution is 7.99. The minimum absolute atomic E-state index is 0.213. The van der Waals surface area contributed by atoms with Gasteiger partial charge in [-0.05, 0) is 31.5 Å². The minimum atomic E-state index is -0.876. The lowest BCUT2D eigenvalue weighted by molar-refractivity contribution is -0.146. The number of carboxylic acid groups (broad SMARTS) is 1. The van der Waals surface area contributed by atoms with Crippen molar-refractivity contribution in [2.24, 2.45) is 5.41 Å². The molecule has 2 saturated heterocycles. The number of benzene rings is 1. The molecule has 1 aromatic rings. The molecule has 0 aromatic heterocycles. The number of amides is 2. The molecule has 8 heteroatoms. The van der Waals surface area contributed by atoms with Crippen LogP contribution in [0.5, 0.6) is 0 Å². The summed E-state index contributed by atoms with van der Waals surface area (Å²) < 4.78 is 0. The number of aliphatic carboxylic acids is 1. The van der Waals surface area contributed by atoms with Gasteiger partial charge in [0.15, 0.2) is 0 Å². The van der Waals surface area contributed by atoms with Crippen LogP contribution in [-0.2, 0) is 4.79 Å². The summed E-state index contributed by atoms with van der Waals surface area (Å²) in [4.78, 5) is 27.8. The van der Waals surface area contributed by atoms with Crippen LogP contribution in [-0.4, -0.2) is 59.7 Å². The Labute approximate surface area is 156 Å². The lowest BCUT2D eigenvalue weighted by atomic mass is 9.90. The summed E-state index contributed by atoms with van der Waals surface area (Å²) >= 11 is 8.04. The summed E-state index contributed by atoms with van der Waals surface area (Å²) in [6.45, 7) is 4.18. The number of carboxylic acids is 1. The first kappa shape index (κ1) is 18.2. The molecule has 2 heterocycles. The Morgan fingerprint density at radius 2 is 2.00 bits per heavy atom. The topological polar surface area (TPSA) is 72.9 Å². The number of rotatable bonds is 3. The molecule has 0 spiro atoms. The van der Waals surface area contributed by atoms with Crippen molar-refractivity contribution < 1.29 is 14.7 Å². The molecule has 2 N–H and O–H groups in total. The maximum atomic E-state index is 12.6. The second-order valence-electron chi connectivity index (χ2n) is 6.73. The summed E-state index contributed by atoms with van der Waals surface area (Å²) in [5.74, 6) is 1.25. The Bertz CT molecular complexity index is 681. The highest BCUT2D eigenvalue weighted by atomic mass is 35.5. The number of urea groups is 1. The molecule has 136 valence electrons. The van der Waals surface area contributed by atoms with Crippen LogP contribution in [0.3, 0.4) is 0 Å². The van der Waals surface area contributed by atoms with Crippen molar-refractivity contribution >= 4 is 46.7 Å². The monoisotopic (exact) mass is 383 g/mol. The van der Waals surface area contributed by atoms with Gasteiger partial charge in [-0.25, -0.2) is 4.79 Å². The minimum Gasteiger partial charge on any atom is -0.481 e. The van der Waals surface area contributed by atoms with Crippen molar-refractivity contribution in [3.63, 3.8) is 0 Å². The Balaban J connectivity index is 1.75. The number of likely N-dealkylation sites (tertiary alicyclic amines) is 1. The Kier molecular flexibility index (Phi) is 5.34. The largest absolute Gasteiger partial charge is 0.481 e. The van der Waals surface area contributed by atoms with Crippen molar-refractivity contribution in [3.8, 4) is 0 Å². The molecular weight excluding hydrogens is 362 g/mol. The van der Waals surface area contributed by atoms with E-state index in [-0.39, 0.29) is 12.6 Å². The summed E-state index contributed by atoms with van der Waals surface area (Å²) in [6, 6.07) is 5.23. The first-order chi connectivity index (χ1) is 11.9. The van der Waals surface area contributed by atoms with Crippen LogP contribution in [0.1, 0.15) is 13.3 Å². The van der Waals surface area contributed by atoms with E-state index in [9.17, 15) is 14.7 Å². The fourth-order valence-corrected chi connectivity index (χ4v) is 4.27. The van der Waals surface area contributed by atoms with Gasteiger partial charge in [0.05, 0.1) is 16.8 Å². The van der Waals surface area contributed by atoms with E-state index >= 15 is 0 Å². The highest BCUT2D eigenvalue weighted by Crippen LogP contribution is 2.33. The van der Waals surface area contributed by atoms with E-state index in [0.29, 0.717) is 23.7 Å². The molecule has 0 bridgehead atoms. The number of nitrogens with one attached hydrogen (secondary N) is 1. The lowest BCUT2D eigenvalue weighted by Gasteiger charge is -2.31. The molecule has 2 amide bonds. The normalized spacial score (nSPS) is 23.6. The lowest BCUT2D eigenvalue weighted by Crippen LogP contribution is -2.38. The summed E-state index contributed by atoms with van der Waals surface area (Å²) in [5, 5.41) is 12.8. The third kappa shape index (κ3) is 3.98. The molecule has 1 aromatic carbocycles. The van der Waals surface area contributed by atoms with Gasteiger partial charge in [0.2, 0.25) is 0 Å². The smallest absolute Gasteiger partial charge is 0.321 e. The van der Waals surface area contributed by atoms with Crippen LogP contribution in [0, 0.1) is 5.41 Å². The molecule has 1 unspecified atom stereocenters. The molecule has 1 atom stereocenters. The Hall–Kier alpha value is -1.60. The molecule has 6 nitrogen and oxygen atoms in total. The van der Waals surface area contributed by atoms with Crippen molar-refractivity contribution in [2.75, 3.05) is 47.9 Å². The van der Waals surface area contributed by atoms with E-state index in [0.717, 1.165) is 30.3 Å². The summed E-state index contributed by atoms with van der Waals surface area (Å²) in [7, 11) is 0. The summed E-state index contributed by atoms with van der Waals surface area (Å²) in [5.41, 5.74) is 0.755. The van der Waals surface area contributed by atoms with Crippen LogP contribution >= 0.6 is 23.4 Å². The van der Waals surface area contributed by atoms with Crippen molar-refractivity contribution in [1.82, 2.24) is 4.90 Å². The molecule has 0 aliphatic carbocycles. The van der Waals surface area contributed by atoms with E-state index in [1.54, 1.807) is 17.9 Å². The number of carbonyl (C=O) groups excluding carboxylic acids is 1. The molecule has 3 rings (SSSR count). The number of carbonyl (C=O) groups is 2. The van der Waals surface area contributed by atoms with Gasteiger partial charge in [0, 0.05) is 42.7 Å². The van der Waals surface area contributed by atoms with E-state index in [1.807, 2.05) is 23.9 Å². The summed E-state index contributed by atoms with van der Waals surface area (Å²) in [6.07, 6.45) is 0.460. The molecule has 2 aliphatic heterocycles. The quantitative estimate of drug-likeness (QED) is 0.838. The van der Waals surface area contributed by atoms with Crippen LogP contribution < -0.4 is 10.2 Å². The van der Waals surface area contributed by atoms with Gasteiger partial charge < -0.3 is 20.2 Å². The molecule has 2 aliphatic rings. The third-order valence-electron chi connectivity index (χ3n) is 4.83. The van der Waals surface area contributed by atoms with Crippen LogP contribution in [0.15, 0.2) is 18.2 Å². The molecule has 25 heavy (non-hydrogen) atoms. The van der Waals surface area contributed by atoms with Crippen molar-refractivity contribution in [1.29, 1.82) is 0 Å². The predicted molar refractivity (Wildman–Crippen MR) is 102 cm³/mol. The number of nitrogens with zero attached hydrogens (tertiary/aromatic N) is 2. The second kappa shape index (κ2) is 7.33. The molecule has 0 radical (unpaired) electrons. The number of halogens is 1. The van der Waals surface area contributed by atoms with Gasteiger partial charge in [-0.15, -0.1) is 0 Å². The van der Waals surface area contributed by atoms with Crippen molar-refractivity contribution in [2.45, 2.75) is 13.3 Å². The standard InChI is InChI=1S/C17H22ClN3O3S/c1-17(15(22)23)4-5-21(11-17)16(24)19-13-10-12(18)2-3-14(13)20-6-8-25-9-7-20/h2-3,10H,4-9,11H2,1H3,(H,19,24)(H,22,23). The van der Waals surface area contributed by atoms with E-state index in [1.165, 1.54) is 0 Å². The Morgan fingerprint density at radius 3 is 2.64 bits per heavy atom. The molecule has 2 fully saturated rings. The van der Waals surface area contributed by atoms with Gasteiger partial charge in [-0.1, -0.05) is 11.6 Å². The van der Waals surface area contributed by atoms with Crippen LogP contribution in [0.2, 0.25) is 5.02 Å². The number of hydrogen-bond acceptors (Lipinski definition) is 4. The predicted octanol–water partition coefficient (Wildman–Crippen LogP) is 3.22. The van der Waals surface area contributed by atoms with Crippen LogP contribution in [0.4, 0.5) is 16.2 Å². The molecular formula is C17H22ClN3O3S. The Morgan fingerprint density at radius 1 is 1.28 bits per heavy atom. The molecule has 0 saturated carbocycles. The van der Waals surface area contributed by atoms with Gasteiger partial charge in [-0.2, -0.15) is 11.8 Å². The maximum absolute atomic E-state index is 12.6. The SMILES string of the molecule is CC1(C(=O)O)CCN(C(=O)Nc2cc(Cl)ccc2N2CCSCC2)C1. The third-order valence-corrected chi connectivity index (χ3v) is 6.01. The van der Waals surface area contributed by atoms with Crippen molar-refractivity contribution in [3.05, 3.63) is 23.2 Å². The zero-order chi connectivity index (χ0) is 18.0. The van der Waals surface area contributed by atoms with Gasteiger partial charge in [0.1, 0.15) is 0 Å². The fraction of sp³-hybridized carbons (Fsp3) is 0.529. The fourth-order valence-electron chi connectivity index (χ4n) is 3.19. The number of thioether (sulfide) groups is 1. The zero-order valence-electron chi connectivity index (χ0n) is 14.1. The zero-order valence-corrected chi connectivity index (χ0v) is 15.7. The average Bonchev–Trinajstić information content (AvgIpc) is 3.00. The maximum Gasteiger partial charge on any atom is 0.321 e. The van der Waals surface area contributed by atoms with Gasteiger partial charge >= 0.3 is 12.0 Å². The first-order valence-corrected chi connectivity index (χ1v) is 9.84. The van der Waals surface area contributed by atoms with E-state index < -0.39 is 11.4 Å². The van der Waals surface area contributed by atoms with E-state index in [4.69, 9.17) is 11.6 Å². The number of anilines is 2. The first-order valence-electron chi connectivity index (χ1n) is 8.31. The van der Waals surface area contributed by atoms with Crippen LogP contribution in [0.25, 0.3) is 0 Å². The van der Waals surface area contributed by atoms with Gasteiger partial charge in [-0.3, -0.25) is 4.79 Å². The number of hydrogen-bond donors (Lipinski definition) is 2. The average molecular weight is 384 g/mol. The highest BCUT2D eigenvalue weighted by Gasteiger charge is 2.42.